The molecular formula is C9H20N2O5S. The lowest BCUT2D eigenvalue weighted by atomic mass is 10.2. The number of nitrogens with one attached hydrogen (secondary N) is 2. The summed E-state index contributed by atoms with van der Waals surface area (Å²) in [6.07, 6.45) is -1.81. The van der Waals surface area contributed by atoms with Gasteiger partial charge in [0, 0.05) is 6.04 Å². The van der Waals surface area contributed by atoms with E-state index in [1.54, 1.807) is 32.4 Å². The smallest absolute Gasteiger partial charge is 0.422 e. The summed E-state index contributed by atoms with van der Waals surface area (Å²) in [7, 11) is -3.96. The van der Waals surface area contributed by atoms with Crippen LogP contribution in [0.15, 0.2) is 0 Å². The van der Waals surface area contributed by atoms with Gasteiger partial charge in [-0.25, -0.2) is 9.52 Å². The van der Waals surface area contributed by atoms with Gasteiger partial charge in [-0.15, -0.1) is 0 Å². The van der Waals surface area contributed by atoms with E-state index in [0.29, 0.717) is 0 Å². The van der Waals surface area contributed by atoms with Crippen LogP contribution in [0.3, 0.4) is 0 Å². The molecule has 0 spiro atoms. The third-order valence-corrected chi connectivity index (χ3v) is 2.76. The van der Waals surface area contributed by atoms with E-state index in [9.17, 15) is 13.2 Å². The summed E-state index contributed by atoms with van der Waals surface area (Å²) in [5.74, 6) is 0. The quantitative estimate of drug-likeness (QED) is 0.634. The first-order valence-electron chi connectivity index (χ1n) is 5.31. The van der Waals surface area contributed by atoms with Crippen molar-refractivity contribution in [2.45, 2.75) is 52.4 Å². The van der Waals surface area contributed by atoms with Crippen molar-refractivity contribution < 1.29 is 23.1 Å². The minimum Gasteiger partial charge on any atom is -0.446 e. The van der Waals surface area contributed by atoms with Crippen LogP contribution in [0.2, 0.25) is 0 Å². The second-order valence-corrected chi connectivity index (χ2v) is 5.61. The highest BCUT2D eigenvalue weighted by Gasteiger charge is 2.19. The zero-order chi connectivity index (χ0) is 13.6. The molecule has 0 bridgehead atoms. The molecule has 1 amide bonds. The van der Waals surface area contributed by atoms with E-state index in [-0.39, 0.29) is 6.42 Å². The molecule has 3 N–H and O–H groups in total. The SMILES string of the molecule is CC(O)CC(C)NS(=O)(=O)NC(=O)OC(C)C. The van der Waals surface area contributed by atoms with Crippen LogP contribution in [-0.2, 0) is 14.9 Å². The number of carbonyl (C=O) groups excluding carboxylic acids is 1. The molecule has 17 heavy (non-hydrogen) atoms. The molecule has 0 aliphatic rings. The number of carbonyl (C=O) groups is 1. The van der Waals surface area contributed by atoms with Gasteiger partial charge >= 0.3 is 16.3 Å². The summed E-state index contributed by atoms with van der Waals surface area (Å²) in [4.78, 5) is 11.1. The Kier molecular flexibility index (Phi) is 6.43. The number of aliphatic hydroxyl groups is 1. The fourth-order valence-corrected chi connectivity index (χ4v) is 2.15. The fourth-order valence-electron chi connectivity index (χ4n) is 1.20. The monoisotopic (exact) mass is 268 g/mol. The summed E-state index contributed by atoms with van der Waals surface area (Å²) in [5.41, 5.74) is 0. The molecule has 0 aliphatic carbocycles. The summed E-state index contributed by atoms with van der Waals surface area (Å²) >= 11 is 0. The van der Waals surface area contributed by atoms with E-state index in [1.807, 2.05) is 0 Å². The van der Waals surface area contributed by atoms with Crippen LogP contribution < -0.4 is 9.44 Å². The van der Waals surface area contributed by atoms with E-state index in [2.05, 4.69) is 9.46 Å². The molecule has 0 saturated heterocycles. The first-order chi connectivity index (χ1) is 7.62. The minimum absolute atomic E-state index is 0.250. The lowest BCUT2D eigenvalue weighted by Crippen LogP contribution is -2.45. The summed E-state index contributed by atoms with van der Waals surface area (Å²) in [6.45, 7) is 6.34. The average molecular weight is 268 g/mol. The van der Waals surface area contributed by atoms with Crippen LogP contribution in [0.1, 0.15) is 34.1 Å². The van der Waals surface area contributed by atoms with Gasteiger partial charge in [-0.2, -0.15) is 13.1 Å². The number of hydrogen-bond donors (Lipinski definition) is 3. The van der Waals surface area contributed by atoms with E-state index >= 15 is 0 Å². The Morgan fingerprint density at radius 3 is 2.24 bits per heavy atom. The van der Waals surface area contributed by atoms with Crippen molar-refractivity contribution >= 4 is 16.3 Å². The Bertz CT molecular complexity index is 339. The maximum absolute atomic E-state index is 11.4. The van der Waals surface area contributed by atoms with Gasteiger partial charge in [0.25, 0.3) is 0 Å². The maximum atomic E-state index is 11.4. The molecule has 0 fully saturated rings. The number of rotatable bonds is 6. The van der Waals surface area contributed by atoms with Crippen molar-refractivity contribution in [2.24, 2.45) is 0 Å². The largest absolute Gasteiger partial charge is 0.446 e. The highest BCUT2D eigenvalue weighted by atomic mass is 32.2. The highest BCUT2D eigenvalue weighted by molar-refractivity contribution is 7.88. The molecule has 102 valence electrons. The second kappa shape index (κ2) is 6.77. The number of hydrogen-bond acceptors (Lipinski definition) is 5. The molecule has 2 unspecified atom stereocenters. The van der Waals surface area contributed by atoms with Crippen LogP contribution in [-0.4, -0.2) is 37.9 Å². The van der Waals surface area contributed by atoms with Crippen molar-refractivity contribution in [1.82, 2.24) is 9.44 Å². The normalized spacial score (nSPS) is 15.4. The number of ether oxygens (including phenoxy) is 1. The Morgan fingerprint density at radius 2 is 1.82 bits per heavy atom. The Hall–Kier alpha value is -0.860. The van der Waals surface area contributed by atoms with Gasteiger partial charge < -0.3 is 9.84 Å². The zero-order valence-electron chi connectivity index (χ0n) is 10.4. The van der Waals surface area contributed by atoms with E-state index < -0.39 is 34.6 Å². The number of amides is 1. The van der Waals surface area contributed by atoms with Gasteiger partial charge in [-0.05, 0) is 34.1 Å². The molecule has 0 heterocycles. The molecular weight excluding hydrogens is 248 g/mol. The van der Waals surface area contributed by atoms with E-state index in [1.165, 1.54) is 0 Å². The minimum atomic E-state index is -3.96. The van der Waals surface area contributed by atoms with E-state index in [4.69, 9.17) is 5.11 Å². The average Bonchev–Trinajstić information content (AvgIpc) is 1.95. The molecule has 0 radical (unpaired) electrons. The van der Waals surface area contributed by atoms with Gasteiger partial charge in [0.05, 0.1) is 12.2 Å². The van der Waals surface area contributed by atoms with Gasteiger partial charge in [0.2, 0.25) is 0 Å². The molecule has 2 atom stereocenters. The maximum Gasteiger partial charge on any atom is 0.422 e. The lowest BCUT2D eigenvalue weighted by Gasteiger charge is -2.16. The van der Waals surface area contributed by atoms with Gasteiger partial charge in [0.1, 0.15) is 0 Å². The Balaban J connectivity index is 4.25. The second-order valence-electron chi connectivity index (χ2n) is 4.16. The van der Waals surface area contributed by atoms with Crippen molar-refractivity contribution in [2.75, 3.05) is 0 Å². The molecule has 0 aromatic carbocycles. The fraction of sp³-hybridized carbons (Fsp3) is 0.889. The molecule has 0 aromatic rings. The van der Waals surface area contributed by atoms with Gasteiger partial charge in [0.15, 0.2) is 0 Å². The first kappa shape index (κ1) is 16.1. The predicted molar refractivity (Wildman–Crippen MR) is 62.6 cm³/mol. The van der Waals surface area contributed by atoms with Crippen LogP contribution in [0, 0.1) is 0 Å². The van der Waals surface area contributed by atoms with Crippen molar-refractivity contribution in [3.8, 4) is 0 Å². The number of aliphatic hydroxyl groups excluding tert-OH is 1. The van der Waals surface area contributed by atoms with E-state index in [0.717, 1.165) is 0 Å². The summed E-state index contributed by atoms with van der Waals surface area (Å²) in [5, 5.41) is 9.07. The summed E-state index contributed by atoms with van der Waals surface area (Å²) in [6, 6.07) is -0.487. The standard InChI is InChI=1S/C9H20N2O5S/c1-6(2)16-9(13)11-17(14,15)10-7(3)5-8(4)12/h6-8,10,12H,5H2,1-4H3,(H,11,13). The Labute approximate surface area is 102 Å². The van der Waals surface area contributed by atoms with Crippen molar-refractivity contribution in [1.29, 1.82) is 0 Å². The predicted octanol–water partition coefficient (Wildman–Crippen LogP) is 0.115. The van der Waals surface area contributed by atoms with Crippen LogP contribution in [0.25, 0.3) is 0 Å². The molecule has 0 saturated carbocycles. The zero-order valence-corrected chi connectivity index (χ0v) is 11.2. The first-order valence-corrected chi connectivity index (χ1v) is 6.79. The summed E-state index contributed by atoms with van der Waals surface area (Å²) < 4.78 is 31.4. The van der Waals surface area contributed by atoms with Crippen molar-refractivity contribution in [3.63, 3.8) is 0 Å². The van der Waals surface area contributed by atoms with Crippen LogP contribution >= 0.6 is 0 Å². The van der Waals surface area contributed by atoms with Crippen LogP contribution in [0.4, 0.5) is 4.79 Å². The third kappa shape index (κ3) is 8.90. The molecule has 7 nitrogen and oxygen atoms in total. The highest BCUT2D eigenvalue weighted by Crippen LogP contribution is 1.98. The van der Waals surface area contributed by atoms with Crippen LogP contribution in [0.5, 0.6) is 0 Å². The van der Waals surface area contributed by atoms with Gasteiger partial charge in [-0.3, -0.25) is 0 Å². The molecule has 0 rings (SSSR count). The molecule has 0 aliphatic heterocycles. The topological polar surface area (TPSA) is 105 Å². The molecule has 8 heteroatoms. The van der Waals surface area contributed by atoms with Crippen molar-refractivity contribution in [3.05, 3.63) is 0 Å². The molecule has 0 aromatic heterocycles. The Morgan fingerprint density at radius 1 is 1.29 bits per heavy atom. The lowest BCUT2D eigenvalue weighted by molar-refractivity contribution is 0.121. The van der Waals surface area contributed by atoms with Gasteiger partial charge in [-0.1, -0.05) is 0 Å². The third-order valence-electron chi connectivity index (χ3n) is 1.61.